The van der Waals surface area contributed by atoms with Crippen LogP contribution in [0.1, 0.15) is 54.9 Å². The zero-order chi connectivity index (χ0) is 31.1. The molecule has 0 atom stereocenters. The average Bonchev–Trinajstić information content (AvgIpc) is 3.04. The molecule has 8 nitrogen and oxygen atoms in total. The summed E-state index contributed by atoms with van der Waals surface area (Å²) in [6.45, 7) is 15.2. The van der Waals surface area contributed by atoms with Gasteiger partial charge in [-0.25, -0.2) is 9.97 Å². The Morgan fingerprint density at radius 3 is 2.23 bits per heavy atom. The van der Waals surface area contributed by atoms with Gasteiger partial charge in [0.2, 0.25) is 5.91 Å². The van der Waals surface area contributed by atoms with Gasteiger partial charge in [0.1, 0.15) is 5.82 Å². The molecule has 9 heteroatoms. The molecule has 0 bridgehead atoms. The molecule has 2 aromatic carbocycles. The minimum Gasteiger partial charge on any atom is -0.354 e. The van der Waals surface area contributed by atoms with E-state index in [4.69, 9.17) is 9.97 Å². The molecular weight excluding hydrogens is 568 g/mol. The Bertz CT molecular complexity index is 1460. The number of hydrogen-bond acceptors (Lipinski definition) is 7. The Hall–Kier alpha value is -3.69. The number of anilines is 1. The van der Waals surface area contributed by atoms with Crippen LogP contribution >= 0.6 is 11.8 Å². The van der Waals surface area contributed by atoms with Crippen molar-refractivity contribution in [2.75, 3.05) is 63.8 Å². The van der Waals surface area contributed by atoms with E-state index >= 15 is 0 Å². The van der Waals surface area contributed by atoms with Crippen molar-refractivity contribution >= 4 is 35.5 Å². The number of benzene rings is 2. The van der Waals surface area contributed by atoms with Crippen molar-refractivity contribution in [1.29, 1.82) is 0 Å². The zero-order valence-corrected chi connectivity index (χ0v) is 27.2. The molecule has 3 aromatic rings. The molecule has 2 saturated heterocycles. The topological polar surface area (TPSA) is 72.9 Å². The molecule has 3 heterocycles. The second-order valence-corrected chi connectivity index (χ2v) is 13.5. The van der Waals surface area contributed by atoms with Crippen LogP contribution in [-0.2, 0) is 16.0 Å². The van der Waals surface area contributed by atoms with Crippen LogP contribution in [-0.4, -0.2) is 95.4 Å². The fourth-order valence-corrected chi connectivity index (χ4v) is 6.23. The summed E-state index contributed by atoms with van der Waals surface area (Å²) in [4.78, 5) is 43.3. The third-order valence-electron chi connectivity index (χ3n) is 8.18. The minimum atomic E-state index is -0.101. The van der Waals surface area contributed by atoms with Gasteiger partial charge in [-0.2, -0.15) is 0 Å². The van der Waals surface area contributed by atoms with E-state index in [0.29, 0.717) is 37.5 Å². The highest BCUT2D eigenvalue weighted by molar-refractivity contribution is 7.98. The monoisotopic (exact) mass is 612 g/mol. The van der Waals surface area contributed by atoms with Crippen LogP contribution in [0.2, 0.25) is 0 Å². The third-order valence-corrected chi connectivity index (χ3v) is 9.10. The maximum atomic E-state index is 13.2. The SMILES string of the molecule is CC(=O)N1CCN(C(=O)c2cccc(CSc3nc(N4CCN(C/C=C/c5ccccc5)CC4)cc(C(C)(C)C)n3)c2)CC1. The summed E-state index contributed by atoms with van der Waals surface area (Å²) >= 11 is 1.61. The lowest BCUT2D eigenvalue weighted by Gasteiger charge is -2.35. The first kappa shape index (κ1) is 31.7. The Morgan fingerprint density at radius 1 is 0.841 bits per heavy atom. The van der Waals surface area contributed by atoms with Gasteiger partial charge in [0.05, 0.1) is 5.69 Å². The third kappa shape index (κ3) is 8.48. The van der Waals surface area contributed by atoms with Crippen LogP contribution in [0.25, 0.3) is 6.08 Å². The highest BCUT2D eigenvalue weighted by atomic mass is 32.2. The number of rotatable bonds is 8. The molecule has 0 saturated carbocycles. The van der Waals surface area contributed by atoms with E-state index < -0.39 is 0 Å². The molecule has 44 heavy (non-hydrogen) atoms. The lowest BCUT2D eigenvalue weighted by Crippen LogP contribution is -2.50. The van der Waals surface area contributed by atoms with Gasteiger partial charge in [-0.3, -0.25) is 14.5 Å². The second kappa shape index (κ2) is 14.4. The van der Waals surface area contributed by atoms with Gasteiger partial charge in [-0.1, -0.05) is 87.1 Å². The first-order valence-corrected chi connectivity index (χ1v) is 16.5. The Labute approximate surface area is 266 Å². The highest BCUT2D eigenvalue weighted by Crippen LogP contribution is 2.29. The fourth-order valence-electron chi connectivity index (χ4n) is 5.43. The van der Waals surface area contributed by atoms with Gasteiger partial charge in [0.15, 0.2) is 5.16 Å². The molecule has 0 radical (unpaired) electrons. The second-order valence-electron chi connectivity index (χ2n) is 12.5. The Morgan fingerprint density at radius 2 is 1.55 bits per heavy atom. The summed E-state index contributed by atoms with van der Waals surface area (Å²) in [5.74, 6) is 1.74. The number of amides is 2. The predicted octanol–water partition coefficient (Wildman–Crippen LogP) is 5.21. The number of hydrogen-bond donors (Lipinski definition) is 0. The summed E-state index contributed by atoms with van der Waals surface area (Å²) in [5.41, 5.74) is 3.91. The number of thioether (sulfide) groups is 1. The molecule has 0 N–H and O–H groups in total. The lowest BCUT2D eigenvalue weighted by atomic mass is 9.92. The molecule has 2 aliphatic rings. The van der Waals surface area contributed by atoms with E-state index in [0.717, 1.165) is 55.0 Å². The predicted molar refractivity (Wildman–Crippen MR) is 179 cm³/mol. The average molecular weight is 613 g/mol. The first-order valence-electron chi connectivity index (χ1n) is 15.5. The van der Waals surface area contributed by atoms with Crippen molar-refractivity contribution in [2.24, 2.45) is 0 Å². The summed E-state index contributed by atoms with van der Waals surface area (Å²) in [5, 5.41) is 0.762. The standard InChI is InChI=1S/C35H44N6O2S/c1-27(42)39-20-22-41(23-21-39)33(43)30-14-8-12-29(24-30)26-44-34-36-31(35(2,3)4)25-32(37-34)40-18-16-38(17-19-40)15-9-13-28-10-6-5-7-11-28/h5-14,24-25H,15-23,26H2,1-4H3/b13-9+. The normalized spacial score (nSPS) is 16.5. The van der Waals surface area contributed by atoms with E-state index in [1.165, 1.54) is 5.56 Å². The molecule has 2 aliphatic heterocycles. The maximum absolute atomic E-state index is 13.2. The summed E-state index contributed by atoms with van der Waals surface area (Å²) in [6, 6.07) is 20.4. The van der Waals surface area contributed by atoms with Crippen LogP contribution in [0.5, 0.6) is 0 Å². The van der Waals surface area contributed by atoms with Crippen molar-refractivity contribution in [1.82, 2.24) is 24.7 Å². The van der Waals surface area contributed by atoms with Crippen molar-refractivity contribution in [3.8, 4) is 0 Å². The molecule has 232 valence electrons. The number of nitrogens with zero attached hydrogens (tertiary/aromatic N) is 6. The number of piperazine rings is 2. The molecule has 5 rings (SSSR count). The number of carbonyl (C=O) groups is 2. The first-order chi connectivity index (χ1) is 21.2. The Kier molecular flexibility index (Phi) is 10.4. The molecule has 1 aromatic heterocycles. The smallest absolute Gasteiger partial charge is 0.253 e. The van der Waals surface area contributed by atoms with E-state index in [1.54, 1.807) is 23.6 Å². The van der Waals surface area contributed by atoms with Crippen LogP contribution in [0.4, 0.5) is 5.82 Å². The molecule has 0 aliphatic carbocycles. The number of aromatic nitrogens is 2. The Balaban J connectivity index is 1.21. The van der Waals surface area contributed by atoms with E-state index in [-0.39, 0.29) is 17.2 Å². The van der Waals surface area contributed by atoms with Crippen molar-refractivity contribution < 1.29 is 9.59 Å². The summed E-state index contributed by atoms with van der Waals surface area (Å²) in [7, 11) is 0. The van der Waals surface area contributed by atoms with Gasteiger partial charge < -0.3 is 14.7 Å². The summed E-state index contributed by atoms with van der Waals surface area (Å²) in [6.07, 6.45) is 4.44. The van der Waals surface area contributed by atoms with Gasteiger partial charge in [0, 0.05) is 88.6 Å². The van der Waals surface area contributed by atoms with Gasteiger partial charge >= 0.3 is 0 Å². The van der Waals surface area contributed by atoms with Crippen molar-refractivity contribution in [2.45, 2.75) is 44.0 Å². The van der Waals surface area contributed by atoms with Crippen LogP contribution in [0.15, 0.2) is 71.9 Å². The largest absolute Gasteiger partial charge is 0.354 e. The van der Waals surface area contributed by atoms with Crippen LogP contribution in [0.3, 0.4) is 0 Å². The summed E-state index contributed by atoms with van der Waals surface area (Å²) < 4.78 is 0. The van der Waals surface area contributed by atoms with Crippen molar-refractivity contribution in [3.63, 3.8) is 0 Å². The molecule has 0 unspecified atom stereocenters. The highest BCUT2D eigenvalue weighted by Gasteiger charge is 2.25. The minimum absolute atomic E-state index is 0.0167. The molecule has 0 spiro atoms. The fraction of sp³-hybridized carbons (Fsp3) is 0.429. The van der Waals surface area contributed by atoms with Gasteiger partial charge in [0.25, 0.3) is 5.91 Å². The van der Waals surface area contributed by atoms with Crippen molar-refractivity contribution in [3.05, 3.63) is 89.1 Å². The van der Waals surface area contributed by atoms with Crippen LogP contribution in [0, 0.1) is 0 Å². The molecule has 2 amide bonds. The zero-order valence-electron chi connectivity index (χ0n) is 26.4. The van der Waals surface area contributed by atoms with Crippen LogP contribution < -0.4 is 4.90 Å². The van der Waals surface area contributed by atoms with E-state index in [9.17, 15) is 9.59 Å². The van der Waals surface area contributed by atoms with E-state index in [1.807, 2.05) is 29.2 Å². The maximum Gasteiger partial charge on any atom is 0.253 e. The lowest BCUT2D eigenvalue weighted by molar-refractivity contribution is -0.130. The van der Waals surface area contributed by atoms with Gasteiger partial charge in [-0.15, -0.1) is 0 Å². The quantitative estimate of drug-likeness (QED) is 0.256. The number of carbonyl (C=O) groups excluding carboxylic acids is 2. The molecular formula is C35H44N6O2S. The molecule has 2 fully saturated rings. The van der Waals surface area contributed by atoms with E-state index in [2.05, 4.69) is 79.1 Å². The van der Waals surface area contributed by atoms with Gasteiger partial charge in [-0.05, 0) is 23.3 Å².